The normalized spacial score (nSPS) is 11.0. The van der Waals surface area contributed by atoms with E-state index in [0.29, 0.717) is 0 Å². The molecule has 3 aromatic carbocycles. The molecule has 0 N–H and O–H groups in total. The first-order chi connectivity index (χ1) is 12.1. The van der Waals surface area contributed by atoms with Gasteiger partial charge in [-0.2, -0.15) is 0 Å². The second kappa shape index (κ2) is 6.06. The fourth-order valence-electron chi connectivity index (χ4n) is 3.41. The Morgan fingerprint density at radius 3 is 2.24 bits per heavy atom. The number of benzene rings is 3. The Labute approximate surface area is 147 Å². The smallest absolute Gasteiger partial charge is 0.190 e. The minimum absolute atomic E-state index is 0.0514. The molecule has 4 rings (SSSR count). The van der Waals surface area contributed by atoms with Gasteiger partial charge in [0.05, 0.1) is 11.2 Å². The van der Waals surface area contributed by atoms with Gasteiger partial charge in [0.2, 0.25) is 0 Å². The van der Waals surface area contributed by atoms with Gasteiger partial charge in [-0.1, -0.05) is 60.2 Å². The molecule has 0 atom stereocenters. The molecule has 0 spiro atoms. The van der Waals surface area contributed by atoms with Crippen molar-refractivity contribution in [1.82, 2.24) is 4.57 Å². The van der Waals surface area contributed by atoms with Crippen LogP contribution < -0.4 is 5.43 Å². The molecule has 4 aromatic rings. The number of fused-ring (bicyclic) bond motifs is 1. The predicted octanol–water partition coefficient (Wildman–Crippen LogP) is 5.27. The van der Waals surface area contributed by atoms with Crippen LogP contribution in [-0.2, 0) is 0 Å². The molecule has 1 heterocycles. The van der Waals surface area contributed by atoms with Crippen molar-refractivity contribution < 1.29 is 0 Å². The van der Waals surface area contributed by atoms with Crippen molar-refractivity contribution in [2.45, 2.75) is 13.8 Å². The van der Waals surface area contributed by atoms with E-state index in [1.807, 2.05) is 54.6 Å². The number of aryl methyl sites for hydroxylation is 2. The molecule has 0 radical (unpaired) electrons. The second-order valence-corrected chi connectivity index (χ2v) is 6.40. The van der Waals surface area contributed by atoms with Crippen LogP contribution >= 0.6 is 0 Å². The number of nitrogens with zero attached hydrogens (tertiary/aromatic N) is 1. The average Bonchev–Trinajstić information content (AvgIpc) is 2.63. The molecule has 0 saturated heterocycles. The van der Waals surface area contributed by atoms with Crippen molar-refractivity contribution in [1.29, 1.82) is 0 Å². The third-order valence-electron chi connectivity index (χ3n) is 4.58. The zero-order chi connectivity index (χ0) is 17.4. The monoisotopic (exact) mass is 325 g/mol. The molecule has 0 aliphatic rings. The first-order valence-corrected chi connectivity index (χ1v) is 8.43. The average molecular weight is 325 g/mol. The van der Waals surface area contributed by atoms with Gasteiger partial charge in [0.15, 0.2) is 5.43 Å². The zero-order valence-corrected chi connectivity index (χ0v) is 14.4. The Kier molecular flexibility index (Phi) is 3.73. The van der Waals surface area contributed by atoms with Crippen molar-refractivity contribution in [2.24, 2.45) is 0 Å². The number of pyridine rings is 1. The lowest BCUT2D eigenvalue weighted by Crippen LogP contribution is -2.11. The molecule has 0 fully saturated rings. The summed E-state index contributed by atoms with van der Waals surface area (Å²) in [6, 6.07) is 26.1. The summed E-state index contributed by atoms with van der Waals surface area (Å²) < 4.78 is 2.20. The van der Waals surface area contributed by atoms with Gasteiger partial charge in [-0.05, 0) is 43.2 Å². The number of para-hydroxylation sites is 1. The summed E-state index contributed by atoms with van der Waals surface area (Å²) in [5, 5.41) is 0.738. The van der Waals surface area contributed by atoms with Gasteiger partial charge in [-0.3, -0.25) is 4.79 Å². The van der Waals surface area contributed by atoms with Crippen molar-refractivity contribution in [3.63, 3.8) is 0 Å². The summed E-state index contributed by atoms with van der Waals surface area (Å²) in [7, 11) is 0. The Morgan fingerprint density at radius 1 is 0.760 bits per heavy atom. The molecule has 2 heteroatoms. The quantitative estimate of drug-likeness (QED) is 0.492. The second-order valence-electron chi connectivity index (χ2n) is 6.40. The van der Waals surface area contributed by atoms with E-state index in [4.69, 9.17) is 0 Å². The van der Waals surface area contributed by atoms with Crippen molar-refractivity contribution in [3.8, 4) is 16.9 Å². The molecular formula is C23H19NO. The van der Waals surface area contributed by atoms with Crippen molar-refractivity contribution >= 4 is 10.9 Å². The Hall–Kier alpha value is -3.13. The minimum Gasteiger partial charge on any atom is -0.309 e. The molecule has 25 heavy (non-hydrogen) atoms. The van der Waals surface area contributed by atoms with E-state index >= 15 is 0 Å². The highest BCUT2D eigenvalue weighted by molar-refractivity contribution is 5.85. The van der Waals surface area contributed by atoms with Gasteiger partial charge in [-0.25, -0.2) is 0 Å². The highest BCUT2D eigenvalue weighted by Gasteiger charge is 2.13. The molecule has 0 aliphatic heterocycles. The Balaban J connectivity index is 2.17. The third-order valence-corrected chi connectivity index (χ3v) is 4.58. The number of rotatable bonds is 2. The maximum atomic E-state index is 12.7. The van der Waals surface area contributed by atoms with Gasteiger partial charge in [0.25, 0.3) is 0 Å². The zero-order valence-electron chi connectivity index (χ0n) is 14.4. The Morgan fingerprint density at radius 2 is 1.48 bits per heavy atom. The molecule has 0 saturated carbocycles. The van der Waals surface area contributed by atoms with Crippen LogP contribution in [-0.4, -0.2) is 4.57 Å². The van der Waals surface area contributed by atoms with E-state index in [1.165, 1.54) is 11.1 Å². The standard InChI is InChI=1S/C23H19NO/c1-16-12-13-20(17(2)14-16)24-21-11-7-6-10-19(21)23(25)15-22(24)18-8-4-3-5-9-18/h3-15H,1-2H3. The van der Waals surface area contributed by atoms with Gasteiger partial charge >= 0.3 is 0 Å². The van der Waals surface area contributed by atoms with E-state index in [0.717, 1.165) is 27.8 Å². The van der Waals surface area contributed by atoms with E-state index in [9.17, 15) is 4.79 Å². The molecule has 0 bridgehead atoms. The topological polar surface area (TPSA) is 22.0 Å². The van der Waals surface area contributed by atoms with E-state index in [-0.39, 0.29) is 5.43 Å². The lowest BCUT2D eigenvalue weighted by molar-refractivity contribution is 1.08. The fraction of sp³-hybridized carbons (Fsp3) is 0.0870. The van der Waals surface area contributed by atoms with E-state index in [1.54, 1.807) is 6.07 Å². The summed E-state index contributed by atoms with van der Waals surface area (Å²) in [6.45, 7) is 4.21. The largest absolute Gasteiger partial charge is 0.309 e. The van der Waals surface area contributed by atoms with Crippen LogP contribution in [0.15, 0.2) is 83.7 Å². The first kappa shape index (κ1) is 15.4. The number of hydrogen-bond donors (Lipinski definition) is 0. The molecule has 1 aromatic heterocycles. The van der Waals surface area contributed by atoms with Gasteiger partial charge in [0, 0.05) is 17.1 Å². The van der Waals surface area contributed by atoms with Gasteiger partial charge in [0.1, 0.15) is 0 Å². The molecule has 0 aliphatic carbocycles. The fourth-order valence-corrected chi connectivity index (χ4v) is 3.41. The lowest BCUT2D eigenvalue weighted by atomic mass is 10.0. The predicted molar refractivity (Wildman–Crippen MR) is 104 cm³/mol. The van der Waals surface area contributed by atoms with Crippen molar-refractivity contribution in [2.75, 3.05) is 0 Å². The van der Waals surface area contributed by atoms with E-state index < -0.39 is 0 Å². The summed E-state index contributed by atoms with van der Waals surface area (Å²) in [6.07, 6.45) is 0. The van der Waals surface area contributed by atoms with Crippen LogP contribution in [0, 0.1) is 13.8 Å². The van der Waals surface area contributed by atoms with Crippen LogP contribution in [0.5, 0.6) is 0 Å². The number of aromatic nitrogens is 1. The van der Waals surface area contributed by atoms with Gasteiger partial charge in [-0.15, -0.1) is 0 Å². The van der Waals surface area contributed by atoms with Crippen LogP contribution in [0.2, 0.25) is 0 Å². The Bertz CT molecular complexity index is 1120. The molecule has 0 amide bonds. The van der Waals surface area contributed by atoms with Gasteiger partial charge < -0.3 is 4.57 Å². The summed E-state index contributed by atoms with van der Waals surface area (Å²) in [5.41, 5.74) is 6.44. The molecular weight excluding hydrogens is 306 g/mol. The molecule has 0 unspecified atom stereocenters. The SMILES string of the molecule is Cc1ccc(-n2c(-c3ccccc3)cc(=O)c3ccccc32)c(C)c1. The summed E-state index contributed by atoms with van der Waals surface area (Å²) >= 11 is 0. The lowest BCUT2D eigenvalue weighted by Gasteiger charge is -2.19. The van der Waals surface area contributed by atoms with Crippen LogP contribution in [0.4, 0.5) is 0 Å². The maximum Gasteiger partial charge on any atom is 0.190 e. The van der Waals surface area contributed by atoms with E-state index in [2.05, 4.69) is 36.6 Å². The first-order valence-electron chi connectivity index (χ1n) is 8.43. The maximum absolute atomic E-state index is 12.7. The summed E-state index contributed by atoms with van der Waals surface area (Å²) in [5.74, 6) is 0. The summed E-state index contributed by atoms with van der Waals surface area (Å²) in [4.78, 5) is 12.7. The number of hydrogen-bond acceptors (Lipinski definition) is 1. The van der Waals surface area contributed by atoms with Crippen molar-refractivity contribution in [3.05, 3.63) is 100 Å². The third kappa shape index (κ3) is 2.66. The van der Waals surface area contributed by atoms with Crippen LogP contribution in [0.1, 0.15) is 11.1 Å². The molecule has 2 nitrogen and oxygen atoms in total. The highest BCUT2D eigenvalue weighted by Crippen LogP contribution is 2.28. The van der Waals surface area contributed by atoms with Crippen LogP contribution in [0.3, 0.4) is 0 Å². The highest BCUT2D eigenvalue weighted by atomic mass is 16.1. The minimum atomic E-state index is 0.0514. The van der Waals surface area contributed by atoms with Crippen LogP contribution in [0.25, 0.3) is 27.8 Å². The molecule has 122 valence electrons.